The van der Waals surface area contributed by atoms with Gasteiger partial charge >= 0.3 is 6.09 Å². The number of piperidine rings is 1. The van der Waals surface area contributed by atoms with Crippen LogP contribution >= 0.6 is 15.9 Å². The highest BCUT2D eigenvalue weighted by Gasteiger charge is 2.71. The Balaban J connectivity index is 1.22. The minimum Gasteiger partial charge on any atom is -0.444 e. The smallest absolute Gasteiger partial charge is 0.410 e. The van der Waals surface area contributed by atoms with E-state index < -0.39 is 5.60 Å². The van der Waals surface area contributed by atoms with Crippen LogP contribution in [0, 0.1) is 11.3 Å². The molecule has 28 heavy (non-hydrogen) atoms. The van der Waals surface area contributed by atoms with Crippen LogP contribution in [0.5, 0.6) is 0 Å². The maximum absolute atomic E-state index is 12.3. The summed E-state index contributed by atoms with van der Waals surface area (Å²) >= 11 is 3.58. The Morgan fingerprint density at radius 2 is 1.82 bits per heavy atom. The molecule has 4 fully saturated rings. The molecule has 1 saturated heterocycles. The topological polar surface area (TPSA) is 34.5 Å². The molecule has 0 atom stereocenters. The van der Waals surface area contributed by atoms with Crippen molar-refractivity contribution in [3.05, 3.63) is 34.9 Å². The summed E-state index contributed by atoms with van der Waals surface area (Å²) in [5.74, 6) is 0.754. The number of hydrogen-bond acceptors (Lipinski definition) is 2. The Kier molecular flexibility index (Phi) is 3.98. The fourth-order valence-corrected chi connectivity index (χ4v) is 6.41. The third-order valence-corrected chi connectivity index (χ3v) is 7.71. The van der Waals surface area contributed by atoms with E-state index in [1.54, 1.807) is 0 Å². The van der Waals surface area contributed by atoms with Crippen LogP contribution in [-0.2, 0) is 10.3 Å². The molecule has 2 heterocycles. The van der Waals surface area contributed by atoms with Crippen molar-refractivity contribution in [3.63, 3.8) is 0 Å². The first kappa shape index (κ1) is 18.5. The summed E-state index contributed by atoms with van der Waals surface area (Å²) in [5, 5.41) is 1.32. The number of halogens is 1. The summed E-state index contributed by atoms with van der Waals surface area (Å²) in [4.78, 5) is 14.2. The quantitative estimate of drug-likeness (QED) is 0.574. The van der Waals surface area contributed by atoms with Crippen molar-refractivity contribution in [3.8, 4) is 0 Å². The Morgan fingerprint density at radius 3 is 2.46 bits per heavy atom. The van der Waals surface area contributed by atoms with E-state index in [2.05, 4.69) is 51.0 Å². The number of ether oxygens (including phenoxy) is 1. The molecule has 2 aromatic rings. The Hall–Kier alpha value is -1.49. The number of benzene rings is 1. The highest BCUT2D eigenvalue weighted by molar-refractivity contribution is 9.10. The van der Waals surface area contributed by atoms with Crippen LogP contribution < -0.4 is 0 Å². The summed E-state index contributed by atoms with van der Waals surface area (Å²) < 4.78 is 9.22. The molecule has 0 spiro atoms. The standard InChI is InChI=1S/C23H29BrN2O2/c1-21(2,3)28-20(27)25-9-7-17(8-10-25)22-13-23(14-22,15-22)26-11-6-16-12-18(24)4-5-19(16)26/h4-6,11-12,17H,7-10,13-15H2,1-3H3. The zero-order valence-electron chi connectivity index (χ0n) is 17.0. The molecule has 1 amide bonds. The van der Waals surface area contributed by atoms with E-state index in [9.17, 15) is 4.79 Å². The summed E-state index contributed by atoms with van der Waals surface area (Å²) in [6, 6.07) is 8.84. The second kappa shape index (κ2) is 6.01. The average molecular weight is 445 g/mol. The first-order valence-corrected chi connectivity index (χ1v) is 11.2. The first-order valence-electron chi connectivity index (χ1n) is 10.4. The molecular weight excluding hydrogens is 416 g/mol. The number of rotatable bonds is 2. The number of likely N-dealkylation sites (tertiary alicyclic amines) is 1. The van der Waals surface area contributed by atoms with Crippen molar-refractivity contribution in [2.45, 2.75) is 64.0 Å². The fraction of sp³-hybridized carbons (Fsp3) is 0.609. The van der Waals surface area contributed by atoms with Crippen molar-refractivity contribution in [2.75, 3.05) is 13.1 Å². The van der Waals surface area contributed by atoms with E-state index in [1.165, 1.54) is 30.2 Å². The maximum Gasteiger partial charge on any atom is 0.410 e. The van der Waals surface area contributed by atoms with Gasteiger partial charge in [-0.15, -0.1) is 0 Å². The normalized spacial score (nSPS) is 30.1. The predicted molar refractivity (Wildman–Crippen MR) is 114 cm³/mol. The van der Waals surface area contributed by atoms with E-state index in [4.69, 9.17) is 4.74 Å². The van der Waals surface area contributed by atoms with Crippen LogP contribution in [-0.4, -0.2) is 34.3 Å². The van der Waals surface area contributed by atoms with E-state index in [1.807, 2.05) is 25.7 Å². The molecule has 0 N–H and O–H groups in total. The molecule has 3 saturated carbocycles. The third-order valence-electron chi connectivity index (χ3n) is 7.22. The van der Waals surface area contributed by atoms with Gasteiger partial charge in [0.15, 0.2) is 0 Å². The first-order chi connectivity index (χ1) is 13.2. The number of carbonyl (C=O) groups is 1. The molecule has 4 aliphatic rings. The molecule has 150 valence electrons. The number of aromatic nitrogens is 1. The van der Waals surface area contributed by atoms with Gasteiger partial charge < -0.3 is 14.2 Å². The second-order valence-corrected chi connectivity index (χ2v) is 11.2. The molecule has 3 aliphatic carbocycles. The molecule has 0 unspecified atom stereocenters. The number of amides is 1. The van der Waals surface area contributed by atoms with E-state index in [-0.39, 0.29) is 6.09 Å². The van der Waals surface area contributed by atoms with Gasteiger partial charge in [0.25, 0.3) is 0 Å². The molecular formula is C23H29BrN2O2. The summed E-state index contributed by atoms with van der Waals surface area (Å²) in [6.45, 7) is 7.48. The number of hydrogen-bond donors (Lipinski definition) is 0. The van der Waals surface area contributed by atoms with Crippen molar-refractivity contribution in [2.24, 2.45) is 11.3 Å². The molecule has 1 aromatic carbocycles. The van der Waals surface area contributed by atoms with Gasteiger partial charge in [-0.3, -0.25) is 0 Å². The van der Waals surface area contributed by atoms with E-state index in [0.717, 1.165) is 36.3 Å². The number of nitrogens with zero attached hydrogens (tertiary/aromatic N) is 2. The van der Waals surface area contributed by atoms with Crippen molar-refractivity contribution in [1.82, 2.24) is 9.47 Å². The van der Waals surface area contributed by atoms with E-state index >= 15 is 0 Å². The van der Waals surface area contributed by atoms with Crippen LogP contribution in [0.1, 0.15) is 52.9 Å². The van der Waals surface area contributed by atoms with Gasteiger partial charge in [-0.05, 0) is 88.5 Å². The van der Waals surface area contributed by atoms with Crippen LogP contribution in [0.3, 0.4) is 0 Å². The summed E-state index contributed by atoms with van der Waals surface area (Å²) in [5.41, 5.74) is 1.81. The lowest BCUT2D eigenvalue weighted by Gasteiger charge is -2.74. The molecule has 6 rings (SSSR count). The third kappa shape index (κ3) is 2.80. The Labute approximate surface area is 175 Å². The molecule has 1 aromatic heterocycles. The van der Waals surface area contributed by atoms with Crippen LogP contribution in [0.4, 0.5) is 4.79 Å². The lowest BCUT2D eigenvalue weighted by Crippen LogP contribution is -2.70. The maximum atomic E-state index is 12.3. The molecule has 4 nitrogen and oxygen atoms in total. The lowest BCUT2D eigenvalue weighted by molar-refractivity contribution is -0.225. The van der Waals surface area contributed by atoms with Crippen molar-refractivity contribution in [1.29, 1.82) is 0 Å². The number of carbonyl (C=O) groups excluding carboxylic acids is 1. The number of fused-ring (bicyclic) bond motifs is 1. The van der Waals surface area contributed by atoms with Crippen LogP contribution in [0.2, 0.25) is 0 Å². The monoisotopic (exact) mass is 444 g/mol. The lowest BCUT2D eigenvalue weighted by atomic mass is 9.35. The SMILES string of the molecule is CC(C)(C)OC(=O)N1CCC(C23CC(n4ccc5cc(Br)ccc54)(C2)C3)CC1. The highest BCUT2D eigenvalue weighted by atomic mass is 79.9. The van der Waals surface area contributed by atoms with Crippen molar-refractivity contribution >= 4 is 32.9 Å². The predicted octanol–water partition coefficient (Wildman–Crippen LogP) is 5.93. The minimum absolute atomic E-state index is 0.148. The van der Waals surface area contributed by atoms with E-state index in [0.29, 0.717) is 11.0 Å². The van der Waals surface area contributed by atoms with Gasteiger partial charge in [0.05, 0.1) is 0 Å². The molecule has 5 heteroatoms. The van der Waals surface area contributed by atoms with Gasteiger partial charge in [0.1, 0.15) is 5.60 Å². The highest BCUT2D eigenvalue weighted by Crippen LogP contribution is 2.75. The average Bonchev–Trinajstić information content (AvgIpc) is 2.94. The second-order valence-electron chi connectivity index (χ2n) is 10.2. The largest absolute Gasteiger partial charge is 0.444 e. The fourth-order valence-electron chi connectivity index (χ4n) is 6.03. The van der Waals surface area contributed by atoms with Gasteiger partial charge in [0.2, 0.25) is 0 Å². The van der Waals surface area contributed by atoms with Gasteiger partial charge in [0, 0.05) is 40.2 Å². The molecule has 2 bridgehead atoms. The Morgan fingerprint density at radius 1 is 1.14 bits per heavy atom. The zero-order valence-corrected chi connectivity index (χ0v) is 18.6. The summed E-state index contributed by atoms with van der Waals surface area (Å²) in [7, 11) is 0. The molecule has 1 aliphatic heterocycles. The zero-order chi connectivity index (χ0) is 19.7. The van der Waals surface area contributed by atoms with Crippen LogP contribution in [0.25, 0.3) is 10.9 Å². The van der Waals surface area contributed by atoms with Crippen LogP contribution in [0.15, 0.2) is 34.9 Å². The summed E-state index contributed by atoms with van der Waals surface area (Å²) in [6.07, 6.45) is 8.28. The van der Waals surface area contributed by atoms with Gasteiger partial charge in [-0.1, -0.05) is 15.9 Å². The minimum atomic E-state index is -0.413. The van der Waals surface area contributed by atoms with Gasteiger partial charge in [-0.25, -0.2) is 4.79 Å². The van der Waals surface area contributed by atoms with Gasteiger partial charge in [-0.2, -0.15) is 0 Å². The molecule has 0 radical (unpaired) electrons. The Bertz CT molecular complexity index is 914. The van der Waals surface area contributed by atoms with Crippen molar-refractivity contribution < 1.29 is 9.53 Å².